The quantitative estimate of drug-likeness (QED) is 0.292. The second-order valence-corrected chi connectivity index (χ2v) is 10.0. The number of carbonyl (C=O) groups excluding carboxylic acids is 2. The molecule has 1 aromatic heterocycles. The number of amidine groups is 1. The second-order valence-electron chi connectivity index (χ2n) is 8.06. The predicted octanol–water partition coefficient (Wildman–Crippen LogP) is 6.24. The minimum absolute atomic E-state index is 0.122. The second kappa shape index (κ2) is 9.93. The van der Waals surface area contributed by atoms with E-state index >= 15 is 0 Å². The Morgan fingerprint density at radius 3 is 2.69 bits per heavy atom. The van der Waals surface area contributed by atoms with E-state index in [0.717, 1.165) is 37.9 Å². The van der Waals surface area contributed by atoms with Gasteiger partial charge in [-0.05, 0) is 66.7 Å². The molecule has 6 nitrogen and oxygen atoms in total. The zero-order valence-corrected chi connectivity index (χ0v) is 21.2. The maximum Gasteiger partial charge on any atom is 0.264 e. The van der Waals surface area contributed by atoms with Crippen molar-refractivity contribution < 1.29 is 9.59 Å². The van der Waals surface area contributed by atoms with Gasteiger partial charge in [-0.3, -0.25) is 9.59 Å². The number of para-hydroxylation sites is 2. The van der Waals surface area contributed by atoms with Crippen molar-refractivity contribution in [1.82, 2.24) is 9.88 Å². The number of halogens is 1. The molecule has 1 aliphatic heterocycles. The van der Waals surface area contributed by atoms with Crippen molar-refractivity contribution in [2.45, 2.75) is 13.5 Å². The average molecular weight is 545 g/mol. The number of hydrogen-bond donors (Lipinski definition) is 2. The molecule has 2 heterocycles. The fraction of sp³-hybridized carbons (Fsp3) is 0.0741. The minimum Gasteiger partial charge on any atom is -0.337 e. The number of rotatable bonds is 5. The molecule has 0 radical (unpaired) electrons. The summed E-state index contributed by atoms with van der Waals surface area (Å²) in [6.07, 6.45) is 3.76. The topological polar surface area (TPSA) is 75.5 Å². The molecular weight excluding hydrogens is 524 g/mol. The zero-order valence-electron chi connectivity index (χ0n) is 18.8. The highest BCUT2D eigenvalue weighted by Gasteiger charge is 2.24. The number of aliphatic imine (C=N–C) groups is 1. The van der Waals surface area contributed by atoms with Gasteiger partial charge in [-0.15, -0.1) is 0 Å². The Kier molecular flexibility index (Phi) is 6.57. The summed E-state index contributed by atoms with van der Waals surface area (Å²) in [5.41, 5.74) is 4.36. The van der Waals surface area contributed by atoms with Crippen molar-refractivity contribution in [1.29, 1.82) is 0 Å². The SMILES string of the molecule is Cc1cc(Br)ccc1N=C1NC(=O)/C(=C\c2cn(CC(=O)Nc3ccccc3)c3ccccc23)S1. The highest BCUT2D eigenvalue weighted by molar-refractivity contribution is 9.10. The molecule has 1 saturated heterocycles. The standard InChI is InChI=1S/C27H21BrN4O2S/c1-17-13-19(28)11-12-22(17)30-27-31-26(34)24(35-27)14-18-15-32(23-10-6-5-9-21(18)23)16-25(33)29-20-7-3-2-4-8-20/h2-15H,16H2,1H3,(H,29,33)(H,30,31,34)/b24-14+. The van der Waals surface area contributed by atoms with Crippen LogP contribution in [-0.4, -0.2) is 21.5 Å². The summed E-state index contributed by atoms with van der Waals surface area (Å²) in [6.45, 7) is 2.14. The van der Waals surface area contributed by atoms with Gasteiger partial charge in [-0.25, -0.2) is 4.99 Å². The minimum atomic E-state index is -0.192. The maximum absolute atomic E-state index is 12.7. The Hall–Kier alpha value is -3.62. The first-order valence-corrected chi connectivity index (χ1v) is 12.6. The number of nitrogens with one attached hydrogen (secondary N) is 2. The van der Waals surface area contributed by atoms with Crippen molar-refractivity contribution in [2.75, 3.05) is 5.32 Å². The lowest BCUT2D eigenvalue weighted by Gasteiger charge is -2.07. The van der Waals surface area contributed by atoms with Crippen molar-refractivity contribution >= 4 is 73.0 Å². The molecule has 0 spiro atoms. The van der Waals surface area contributed by atoms with Gasteiger partial charge >= 0.3 is 0 Å². The lowest BCUT2D eigenvalue weighted by molar-refractivity contribution is -0.117. The van der Waals surface area contributed by atoms with E-state index in [9.17, 15) is 9.59 Å². The molecule has 174 valence electrons. The summed E-state index contributed by atoms with van der Waals surface area (Å²) >= 11 is 4.76. The van der Waals surface area contributed by atoms with Crippen LogP contribution in [0.4, 0.5) is 11.4 Å². The van der Waals surface area contributed by atoms with Crippen molar-refractivity contribution in [3.8, 4) is 0 Å². The predicted molar refractivity (Wildman–Crippen MR) is 147 cm³/mol. The van der Waals surface area contributed by atoms with Gasteiger partial charge in [0.2, 0.25) is 5.91 Å². The van der Waals surface area contributed by atoms with E-state index in [1.807, 2.05) is 96.6 Å². The van der Waals surface area contributed by atoms with Crippen LogP contribution in [0.2, 0.25) is 0 Å². The number of aryl methyl sites for hydroxylation is 1. The molecule has 0 bridgehead atoms. The molecule has 8 heteroatoms. The molecule has 2 N–H and O–H groups in total. The third kappa shape index (κ3) is 5.23. The summed E-state index contributed by atoms with van der Waals surface area (Å²) in [6, 6.07) is 23.0. The largest absolute Gasteiger partial charge is 0.337 e. The number of amides is 2. The van der Waals surface area contributed by atoms with E-state index in [0.29, 0.717) is 10.1 Å². The normalized spacial score (nSPS) is 15.7. The number of anilines is 1. The van der Waals surface area contributed by atoms with Crippen molar-refractivity contribution in [2.24, 2.45) is 4.99 Å². The van der Waals surface area contributed by atoms with Crippen LogP contribution in [0, 0.1) is 6.92 Å². The van der Waals surface area contributed by atoms with Gasteiger partial charge in [0.05, 0.1) is 10.6 Å². The Labute approximate surface area is 215 Å². The number of aromatic nitrogens is 1. The summed E-state index contributed by atoms with van der Waals surface area (Å²) in [5.74, 6) is -0.314. The van der Waals surface area contributed by atoms with Gasteiger partial charge in [0.1, 0.15) is 6.54 Å². The van der Waals surface area contributed by atoms with E-state index in [1.165, 1.54) is 11.8 Å². The Bertz CT molecular complexity index is 1510. The molecule has 1 fully saturated rings. The highest BCUT2D eigenvalue weighted by Crippen LogP contribution is 2.32. The van der Waals surface area contributed by atoms with E-state index in [-0.39, 0.29) is 18.4 Å². The summed E-state index contributed by atoms with van der Waals surface area (Å²) in [7, 11) is 0. The molecule has 3 aromatic carbocycles. The van der Waals surface area contributed by atoms with Crippen LogP contribution < -0.4 is 10.6 Å². The summed E-state index contributed by atoms with van der Waals surface area (Å²) < 4.78 is 2.88. The van der Waals surface area contributed by atoms with Gasteiger partial charge in [-0.2, -0.15) is 0 Å². The molecule has 1 aliphatic rings. The fourth-order valence-corrected chi connectivity index (χ4v) is 5.17. The van der Waals surface area contributed by atoms with Crippen LogP contribution in [0.5, 0.6) is 0 Å². The van der Waals surface area contributed by atoms with Crippen molar-refractivity contribution in [3.05, 3.63) is 99.5 Å². The van der Waals surface area contributed by atoms with Crippen molar-refractivity contribution in [3.63, 3.8) is 0 Å². The average Bonchev–Trinajstić information content (AvgIpc) is 3.36. The van der Waals surface area contributed by atoms with Gasteiger partial charge in [0.25, 0.3) is 5.91 Å². The highest BCUT2D eigenvalue weighted by atomic mass is 79.9. The first-order valence-electron chi connectivity index (χ1n) is 10.9. The Morgan fingerprint density at radius 2 is 1.89 bits per heavy atom. The number of hydrogen-bond acceptors (Lipinski definition) is 4. The fourth-order valence-electron chi connectivity index (χ4n) is 3.87. The van der Waals surface area contributed by atoms with Crippen LogP contribution in [0.3, 0.4) is 0 Å². The monoisotopic (exact) mass is 544 g/mol. The molecular formula is C27H21BrN4O2S. The molecule has 35 heavy (non-hydrogen) atoms. The first kappa shape index (κ1) is 23.1. The van der Waals surface area contributed by atoms with Gasteiger partial charge < -0.3 is 15.2 Å². The Balaban J connectivity index is 1.41. The Morgan fingerprint density at radius 1 is 1.11 bits per heavy atom. The van der Waals surface area contributed by atoms with Crippen LogP contribution in [0.15, 0.2) is 93.4 Å². The molecule has 0 aliphatic carbocycles. The summed E-state index contributed by atoms with van der Waals surface area (Å²) in [5, 5.41) is 7.28. The van der Waals surface area contributed by atoms with E-state index < -0.39 is 0 Å². The van der Waals surface area contributed by atoms with E-state index in [2.05, 4.69) is 31.6 Å². The zero-order chi connectivity index (χ0) is 24.4. The van der Waals surface area contributed by atoms with Gasteiger partial charge in [0.15, 0.2) is 5.17 Å². The third-order valence-corrected chi connectivity index (χ3v) is 6.91. The molecule has 0 atom stereocenters. The summed E-state index contributed by atoms with van der Waals surface area (Å²) in [4.78, 5) is 30.5. The van der Waals surface area contributed by atoms with E-state index in [1.54, 1.807) is 0 Å². The van der Waals surface area contributed by atoms with Crippen LogP contribution in [0.1, 0.15) is 11.1 Å². The first-order chi connectivity index (χ1) is 17.0. The molecule has 2 amide bonds. The number of fused-ring (bicyclic) bond motifs is 1. The number of nitrogens with zero attached hydrogens (tertiary/aromatic N) is 2. The number of carbonyl (C=O) groups is 2. The molecule has 0 saturated carbocycles. The van der Waals surface area contributed by atoms with E-state index in [4.69, 9.17) is 0 Å². The van der Waals surface area contributed by atoms with Crippen LogP contribution in [0.25, 0.3) is 17.0 Å². The van der Waals surface area contributed by atoms with Crippen LogP contribution in [-0.2, 0) is 16.1 Å². The van der Waals surface area contributed by atoms with Gasteiger partial charge in [-0.1, -0.05) is 52.3 Å². The molecule has 0 unspecified atom stereocenters. The number of benzene rings is 3. The number of thioether (sulfide) groups is 1. The molecule has 5 rings (SSSR count). The van der Waals surface area contributed by atoms with Crippen LogP contribution >= 0.6 is 27.7 Å². The van der Waals surface area contributed by atoms with Gasteiger partial charge in [0, 0.05) is 32.8 Å². The lowest BCUT2D eigenvalue weighted by atomic mass is 10.1. The third-order valence-electron chi connectivity index (χ3n) is 5.51. The smallest absolute Gasteiger partial charge is 0.264 e. The lowest BCUT2D eigenvalue weighted by Crippen LogP contribution is -2.19. The maximum atomic E-state index is 12.7. The molecule has 4 aromatic rings.